The molecule has 1 amide bonds. The van der Waals surface area contributed by atoms with Gasteiger partial charge in [0.1, 0.15) is 0 Å². The molecule has 1 saturated heterocycles. The fourth-order valence-electron chi connectivity index (χ4n) is 2.10. The molecule has 1 atom stereocenters. The number of nitrogens with zero attached hydrogens (tertiary/aromatic N) is 2. The predicted molar refractivity (Wildman–Crippen MR) is 68.1 cm³/mol. The topological polar surface area (TPSA) is 86.9 Å². The van der Waals surface area contributed by atoms with Crippen molar-refractivity contribution in [3.8, 4) is 0 Å². The monoisotopic (exact) mass is 257 g/mol. The Morgan fingerprint density at radius 1 is 1.22 bits per heavy atom. The SMILES string of the molecule is CC(C)N1CCN(C(=O)C(N)CCC(=O)O)CC1. The Labute approximate surface area is 108 Å². The molecule has 3 N–H and O–H groups in total. The van der Waals surface area contributed by atoms with Crippen molar-refractivity contribution >= 4 is 11.9 Å². The molecule has 0 bridgehead atoms. The van der Waals surface area contributed by atoms with Gasteiger partial charge in [-0.1, -0.05) is 0 Å². The van der Waals surface area contributed by atoms with E-state index in [2.05, 4.69) is 18.7 Å². The number of carbonyl (C=O) groups excluding carboxylic acids is 1. The minimum Gasteiger partial charge on any atom is -0.481 e. The summed E-state index contributed by atoms with van der Waals surface area (Å²) in [4.78, 5) is 26.5. The van der Waals surface area contributed by atoms with E-state index < -0.39 is 12.0 Å². The van der Waals surface area contributed by atoms with Crippen molar-refractivity contribution in [3.63, 3.8) is 0 Å². The van der Waals surface area contributed by atoms with E-state index in [4.69, 9.17) is 10.8 Å². The highest BCUT2D eigenvalue weighted by molar-refractivity contribution is 5.82. The van der Waals surface area contributed by atoms with Gasteiger partial charge in [0.05, 0.1) is 6.04 Å². The molecule has 0 aromatic carbocycles. The van der Waals surface area contributed by atoms with Gasteiger partial charge < -0.3 is 15.7 Å². The van der Waals surface area contributed by atoms with Crippen LogP contribution in [0.2, 0.25) is 0 Å². The lowest BCUT2D eigenvalue weighted by Gasteiger charge is -2.37. The molecule has 1 heterocycles. The van der Waals surface area contributed by atoms with Crippen molar-refractivity contribution in [1.82, 2.24) is 9.80 Å². The second-order valence-corrected chi connectivity index (χ2v) is 4.99. The number of amides is 1. The van der Waals surface area contributed by atoms with Crippen molar-refractivity contribution in [2.45, 2.75) is 38.8 Å². The maximum absolute atomic E-state index is 12.0. The smallest absolute Gasteiger partial charge is 0.303 e. The minimum absolute atomic E-state index is 0.0567. The third kappa shape index (κ3) is 4.27. The Kier molecular flexibility index (Phi) is 5.55. The van der Waals surface area contributed by atoms with Crippen LogP contribution in [0.4, 0.5) is 0 Å². The van der Waals surface area contributed by atoms with Crippen LogP contribution in [0.15, 0.2) is 0 Å². The predicted octanol–water partition coefficient (Wildman–Crippen LogP) is -0.269. The molecule has 0 aromatic heterocycles. The Bertz CT molecular complexity index is 299. The number of nitrogens with two attached hydrogens (primary N) is 1. The highest BCUT2D eigenvalue weighted by atomic mass is 16.4. The van der Waals surface area contributed by atoms with Crippen LogP contribution in [-0.4, -0.2) is 65.0 Å². The molecule has 18 heavy (non-hydrogen) atoms. The van der Waals surface area contributed by atoms with Gasteiger partial charge in [0, 0.05) is 38.6 Å². The lowest BCUT2D eigenvalue weighted by molar-refractivity contribution is -0.138. The van der Waals surface area contributed by atoms with Crippen LogP contribution in [0.1, 0.15) is 26.7 Å². The highest BCUT2D eigenvalue weighted by Crippen LogP contribution is 2.08. The van der Waals surface area contributed by atoms with Crippen LogP contribution in [0, 0.1) is 0 Å². The zero-order valence-electron chi connectivity index (χ0n) is 11.1. The second-order valence-electron chi connectivity index (χ2n) is 4.99. The van der Waals surface area contributed by atoms with Gasteiger partial charge in [0.15, 0.2) is 0 Å². The Balaban J connectivity index is 2.37. The fraction of sp³-hybridized carbons (Fsp3) is 0.833. The van der Waals surface area contributed by atoms with Crippen LogP contribution < -0.4 is 5.73 Å². The van der Waals surface area contributed by atoms with Gasteiger partial charge in [-0.25, -0.2) is 0 Å². The lowest BCUT2D eigenvalue weighted by Crippen LogP contribution is -2.54. The summed E-state index contributed by atoms with van der Waals surface area (Å²) in [5.74, 6) is -1.04. The Hall–Kier alpha value is -1.14. The number of hydrogen-bond donors (Lipinski definition) is 2. The van der Waals surface area contributed by atoms with E-state index in [9.17, 15) is 9.59 Å². The van der Waals surface area contributed by atoms with E-state index in [0.29, 0.717) is 19.1 Å². The molecule has 1 rings (SSSR count). The molecule has 0 aliphatic carbocycles. The molecule has 0 radical (unpaired) electrons. The molecule has 1 aliphatic rings. The van der Waals surface area contributed by atoms with Gasteiger partial charge in [-0.2, -0.15) is 0 Å². The zero-order valence-corrected chi connectivity index (χ0v) is 11.1. The standard InChI is InChI=1S/C12H23N3O3/c1-9(2)14-5-7-15(8-6-14)12(18)10(13)3-4-11(16)17/h9-10H,3-8,13H2,1-2H3,(H,16,17). The van der Waals surface area contributed by atoms with Crippen molar-refractivity contribution in [3.05, 3.63) is 0 Å². The van der Waals surface area contributed by atoms with E-state index in [-0.39, 0.29) is 18.7 Å². The van der Waals surface area contributed by atoms with Crippen molar-refractivity contribution in [2.24, 2.45) is 5.73 Å². The summed E-state index contributed by atoms with van der Waals surface area (Å²) in [5, 5.41) is 8.56. The first-order valence-electron chi connectivity index (χ1n) is 6.42. The zero-order chi connectivity index (χ0) is 13.7. The normalized spacial score (nSPS) is 19.0. The van der Waals surface area contributed by atoms with Crippen molar-refractivity contribution in [1.29, 1.82) is 0 Å². The van der Waals surface area contributed by atoms with Gasteiger partial charge in [-0.15, -0.1) is 0 Å². The van der Waals surface area contributed by atoms with Crippen LogP contribution in [0.5, 0.6) is 0 Å². The van der Waals surface area contributed by atoms with Gasteiger partial charge in [0.25, 0.3) is 0 Å². The van der Waals surface area contributed by atoms with E-state index >= 15 is 0 Å². The summed E-state index contributed by atoms with van der Waals surface area (Å²) in [6.45, 7) is 7.34. The van der Waals surface area contributed by atoms with E-state index in [0.717, 1.165) is 13.1 Å². The molecule has 6 nitrogen and oxygen atoms in total. The molecule has 6 heteroatoms. The molecular weight excluding hydrogens is 234 g/mol. The number of rotatable bonds is 5. The third-order valence-electron chi connectivity index (χ3n) is 3.34. The maximum Gasteiger partial charge on any atom is 0.303 e. The van der Waals surface area contributed by atoms with Crippen LogP contribution in [0.25, 0.3) is 0 Å². The van der Waals surface area contributed by atoms with Crippen molar-refractivity contribution < 1.29 is 14.7 Å². The average Bonchev–Trinajstić information content (AvgIpc) is 2.35. The maximum atomic E-state index is 12.0. The molecule has 1 unspecified atom stereocenters. The number of hydrogen-bond acceptors (Lipinski definition) is 4. The Morgan fingerprint density at radius 3 is 2.22 bits per heavy atom. The lowest BCUT2D eigenvalue weighted by atomic mass is 10.1. The molecule has 104 valence electrons. The summed E-state index contributed by atoms with van der Waals surface area (Å²) in [6, 6.07) is -0.199. The average molecular weight is 257 g/mol. The van der Waals surface area contributed by atoms with Gasteiger partial charge in [0.2, 0.25) is 5.91 Å². The van der Waals surface area contributed by atoms with E-state index in [1.165, 1.54) is 0 Å². The van der Waals surface area contributed by atoms with Gasteiger partial charge in [-0.3, -0.25) is 14.5 Å². The van der Waals surface area contributed by atoms with Crippen LogP contribution in [-0.2, 0) is 9.59 Å². The van der Waals surface area contributed by atoms with Gasteiger partial charge in [-0.05, 0) is 20.3 Å². The third-order valence-corrected chi connectivity index (χ3v) is 3.34. The summed E-state index contributed by atoms with van der Waals surface area (Å²) < 4.78 is 0. The fourth-order valence-corrected chi connectivity index (χ4v) is 2.10. The largest absolute Gasteiger partial charge is 0.481 e. The number of carboxylic acids is 1. The summed E-state index contributed by atoms with van der Waals surface area (Å²) in [7, 11) is 0. The summed E-state index contributed by atoms with van der Waals surface area (Å²) in [5.41, 5.74) is 5.72. The summed E-state index contributed by atoms with van der Waals surface area (Å²) in [6.07, 6.45) is 0.150. The molecule has 1 aliphatic heterocycles. The Morgan fingerprint density at radius 2 is 1.78 bits per heavy atom. The molecule has 1 fully saturated rings. The first-order chi connectivity index (χ1) is 8.41. The van der Waals surface area contributed by atoms with Crippen LogP contribution >= 0.6 is 0 Å². The number of carboxylic acid groups (broad SMARTS) is 1. The second kappa shape index (κ2) is 6.70. The first-order valence-corrected chi connectivity index (χ1v) is 6.42. The van der Waals surface area contributed by atoms with E-state index in [1.807, 2.05) is 0 Å². The first kappa shape index (κ1) is 14.9. The number of aliphatic carboxylic acids is 1. The van der Waals surface area contributed by atoms with E-state index in [1.54, 1.807) is 4.90 Å². The number of carbonyl (C=O) groups is 2. The molecule has 0 saturated carbocycles. The van der Waals surface area contributed by atoms with Gasteiger partial charge >= 0.3 is 5.97 Å². The molecule has 0 aromatic rings. The van der Waals surface area contributed by atoms with Crippen LogP contribution in [0.3, 0.4) is 0 Å². The summed E-state index contributed by atoms with van der Waals surface area (Å²) >= 11 is 0. The molecule has 0 spiro atoms. The highest BCUT2D eigenvalue weighted by Gasteiger charge is 2.26. The minimum atomic E-state index is -0.914. The quantitative estimate of drug-likeness (QED) is 0.708. The number of piperazine rings is 1. The molecular formula is C12H23N3O3. The van der Waals surface area contributed by atoms with Crippen molar-refractivity contribution in [2.75, 3.05) is 26.2 Å².